The van der Waals surface area contributed by atoms with Crippen LogP contribution in [0.15, 0.2) is 59.1 Å². The Kier molecular flexibility index (Phi) is 7.71. The summed E-state index contributed by atoms with van der Waals surface area (Å²) in [6.45, 7) is 0. The predicted octanol–water partition coefficient (Wildman–Crippen LogP) is -3.81. The van der Waals surface area contributed by atoms with Crippen LogP contribution in [0.25, 0.3) is 0 Å². The molecule has 2 aliphatic rings. The average Bonchev–Trinajstić information content (AvgIpc) is 2.45. The quantitative estimate of drug-likeness (QED) is 0.333. The molecule has 0 saturated heterocycles. The van der Waals surface area contributed by atoms with Gasteiger partial charge in [-0.3, -0.25) is 0 Å². The molecule has 0 N–H and O–H groups in total. The van der Waals surface area contributed by atoms with E-state index in [-0.39, 0.29) is 22.1 Å². The maximum absolute atomic E-state index is 10.7. The molecule has 104 valence electrons. The zero-order chi connectivity index (χ0) is 15.1. The minimum atomic E-state index is -1.55. The number of rotatable bonds is 0. The van der Waals surface area contributed by atoms with Crippen LogP contribution in [0.3, 0.4) is 0 Å². The third-order valence-electron chi connectivity index (χ3n) is 2.39. The van der Waals surface area contributed by atoms with Crippen LogP contribution >= 0.6 is 0 Å². The molecule has 0 aromatic rings. The van der Waals surface area contributed by atoms with Crippen molar-refractivity contribution in [2.75, 3.05) is 0 Å². The van der Waals surface area contributed by atoms with E-state index in [1.807, 2.05) is 0 Å². The minimum absolute atomic E-state index is 0. The molecule has 7 heteroatoms. The van der Waals surface area contributed by atoms with Crippen LogP contribution in [0.4, 0.5) is 0 Å². The zero-order valence-corrected chi connectivity index (χ0v) is 11.6. The van der Waals surface area contributed by atoms with Crippen molar-refractivity contribution in [1.82, 2.24) is 0 Å². The number of hydrogen-bond donors (Lipinski definition) is 0. The summed E-state index contributed by atoms with van der Waals surface area (Å²) in [4.78, 5) is 19.9. The molecule has 2 atom stereocenters. The van der Waals surface area contributed by atoms with Crippen LogP contribution < -0.4 is 20.4 Å². The van der Waals surface area contributed by atoms with Gasteiger partial charge < -0.3 is 20.4 Å². The SMILES string of the molecule is O=C=C1C=CC=C([O-])C1[O-].O=C=C1C=CC=C([O-])C1[O-].[Si+4]. The first-order valence-electron chi connectivity index (χ1n) is 5.43. The van der Waals surface area contributed by atoms with Gasteiger partial charge in [-0.15, -0.1) is 11.5 Å². The van der Waals surface area contributed by atoms with Crippen molar-refractivity contribution in [1.29, 1.82) is 0 Å². The van der Waals surface area contributed by atoms with Crippen LogP contribution in [0.2, 0.25) is 0 Å². The van der Waals surface area contributed by atoms with Crippen molar-refractivity contribution in [3.8, 4) is 0 Å². The second-order valence-electron chi connectivity index (χ2n) is 3.73. The van der Waals surface area contributed by atoms with Gasteiger partial charge in [-0.2, -0.15) is 0 Å². The fourth-order valence-corrected chi connectivity index (χ4v) is 1.32. The number of hydrogen-bond acceptors (Lipinski definition) is 6. The van der Waals surface area contributed by atoms with Crippen LogP contribution in [-0.4, -0.2) is 35.1 Å². The molecule has 6 nitrogen and oxygen atoms in total. The summed E-state index contributed by atoms with van der Waals surface area (Å²) in [7, 11) is 0. The van der Waals surface area contributed by atoms with Gasteiger partial charge in [0.05, 0.1) is 0 Å². The van der Waals surface area contributed by atoms with Crippen molar-refractivity contribution in [2.24, 2.45) is 0 Å². The largest absolute Gasteiger partial charge is 4.00 e. The second kappa shape index (κ2) is 8.71. The van der Waals surface area contributed by atoms with E-state index < -0.39 is 23.7 Å². The fourth-order valence-electron chi connectivity index (χ4n) is 1.32. The molecule has 21 heavy (non-hydrogen) atoms. The molecule has 2 unspecified atom stereocenters. The normalized spacial score (nSPS) is 22.8. The predicted molar refractivity (Wildman–Crippen MR) is 66.2 cm³/mol. The van der Waals surface area contributed by atoms with Crippen LogP contribution in [-0.2, 0) is 9.59 Å². The first-order chi connectivity index (χ1) is 9.51. The van der Waals surface area contributed by atoms with E-state index >= 15 is 0 Å². The molecule has 0 aromatic carbocycles. The molecule has 0 fully saturated rings. The molecule has 2 rings (SSSR count). The van der Waals surface area contributed by atoms with E-state index in [4.69, 9.17) is 0 Å². The van der Waals surface area contributed by atoms with Gasteiger partial charge in [-0.25, -0.2) is 9.59 Å². The summed E-state index contributed by atoms with van der Waals surface area (Å²) in [5, 5.41) is 42.5. The standard InChI is InChI=1S/2C7H5O3.Si/c2*8-4-5-2-1-3-6(9)7(5)10;/h2*1-3,7,9H;/q2*-1;+4/p-2. The van der Waals surface area contributed by atoms with E-state index in [1.165, 1.54) is 36.2 Å². The van der Waals surface area contributed by atoms with Gasteiger partial charge in [-0.05, 0) is 12.2 Å². The van der Waals surface area contributed by atoms with Crippen molar-refractivity contribution >= 4 is 22.8 Å². The minimum Gasteiger partial charge on any atom is -0.876 e. The van der Waals surface area contributed by atoms with Gasteiger partial charge in [0.1, 0.15) is 11.9 Å². The summed E-state index contributed by atoms with van der Waals surface area (Å²) in [5.74, 6) is 1.66. The zero-order valence-electron chi connectivity index (χ0n) is 10.6. The van der Waals surface area contributed by atoms with Crippen molar-refractivity contribution in [3.63, 3.8) is 0 Å². The molecule has 0 heterocycles. The molecule has 0 spiro atoms. The molecule has 0 aromatic heterocycles. The molecular formula is C14H8O6Si. The molecule has 0 bridgehead atoms. The van der Waals surface area contributed by atoms with E-state index in [2.05, 4.69) is 0 Å². The summed E-state index contributed by atoms with van der Waals surface area (Å²) < 4.78 is 0. The molecule has 0 amide bonds. The third-order valence-corrected chi connectivity index (χ3v) is 2.39. The Bertz CT molecular complexity index is 547. The van der Waals surface area contributed by atoms with Crippen molar-refractivity contribution in [3.05, 3.63) is 59.1 Å². The summed E-state index contributed by atoms with van der Waals surface area (Å²) in [5.41, 5.74) is -0.236. The van der Waals surface area contributed by atoms with Gasteiger partial charge in [0.2, 0.25) is 0 Å². The summed E-state index contributed by atoms with van der Waals surface area (Å²) >= 11 is 0. The smallest absolute Gasteiger partial charge is 0.876 e. The van der Waals surface area contributed by atoms with Gasteiger partial charge in [-0.1, -0.05) is 36.5 Å². The first kappa shape index (κ1) is 18.6. The Labute approximate surface area is 125 Å². The Hall–Kier alpha value is -2.40. The average molecular weight is 300 g/mol. The Morgan fingerprint density at radius 3 is 1.38 bits per heavy atom. The number of allylic oxidation sites excluding steroid dienone is 4. The van der Waals surface area contributed by atoms with Gasteiger partial charge >= 0.3 is 11.0 Å². The van der Waals surface area contributed by atoms with E-state index in [9.17, 15) is 30.0 Å². The Balaban J connectivity index is 0.000000364. The third kappa shape index (κ3) is 4.89. The van der Waals surface area contributed by atoms with Crippen molar-refractivity contribution in [2.45, 2.75) is 12.2 Å². The Morgan fingerprint density at radius 1 is 0.810 bits per heavy atom. The van der Waals surface area contributed by atoms with Crippen LogP contribution in [0, 0.1) is 0 Å². The van der Waals surface area contributed by atoms with Crippen LogP contribution in [0.5, 0.6) is 0 Å². The Morgan fingerprint density at radius 2 is 1.14 bits per heavy atom. The van der Waals surface area contributed by atoms with E-state index in [1.54, 1.807) is 0 Å². The molecular weight excluding hydrogens is 292 g/mol. The molecule has 0 saturated carbocycles. The molecule has 0 radical (unpaired) electrons. The van der Waals surface area contributed by atoms with Crippen LogP contribution in [0.1, 0.15) is 0 Å². The monoisotopic (exact) mass is 300 g/mol. The number of carbonyl (C=O) groups excluding carboxylic acids is 2. The molecule has 2 aliphatic carbocycles. The maximum atomic E-state index is 10.7. The van der Waals surface area contributed by atoms with Gasteiger partial charge in [0, 0.05) is 11.1 Å². The molecule has 0 aliphatic heterocycles. The van der Waals surface area contributed by atoms with E-state index in [0.717, 1.165) is 12.2 Å². The fraction of sp³-hybridized carbons (Fsp3) is 0.143. The van der Waals surface area contributed by atoms with Crippen molar-refractivity contribution < 1.29 is 30.0 Å². The maximum Gasteiger partial charge on any atom is 4.00 e. The second-order valence-corrected chi connectivity index (χ2v) is 3.73. The first-order valence-corrected chi connectivity index (χ1v) is 5.43. The topological polar surface area (TPSA) is 126 Å². The van der Waals surface area contributed by atoms with Gasteiger partial charge in [0.25, 0.3) is 0 Å². The van der Waals surface area contributed by atoms with Gasteiger partial charge in [0.15, 0.2) is 0 Å². The summed E-state index contributed by atoms with van der Waals surface area (Å²) in [6, 6.07) is 0. The van der Waals surface area contributed by atoms with E-state index in [0.29, 0.717) is 0 Å². The summed E-state index contributed by atoms with van der Waals surface area (Å²) in [6.07, 6.45) is 4.54.